The summed E-state index contributed by atoms with van der Waals surface area (Å²) in [6.45, 7) is 7.00. The molecule has 0 atom stereocenters. The normalized spacial score (nSPS) is 15.6. The Balaban J connectivity index is 1.54. The van der Waals surface area contributed by atoms with E-state index < -0.39 is 45.8 Å². The van der Waals surface area contributed by atoms with Crippen LogP contribution in [-0.2, 0) is 25.9 Å². The van der Waals surface area contributed by atoms with Crippen LogP contribution in [0.4, 0.5) is 36.0 Å². The number of nitrogens with zero attached hydrogens (tertiary/aromatic N) is 4. The molecular weight excluding hydrogens is 611 g/mol. The first-order valence-corrected chi connectivity index (χ1v) is 15.9. The van der Waals surface area contributed by atoms with Gasteiger partial charge in [-0.2, -0.15) is 4.31 Å². The molecule has 16 heteroatoms. The number of fused-ring (bicyclic) bond motifs is 2. The predicted molar refractivity (Wildman–Crippen MR) is 164 cm³/mol. The van der Waals surface area contributed by atoms with Crippen molar-refractivity contribution >= 4 is 56.3 Å². The van der Waals surface area contributed by atoms with Crippen LogP contribution in [0.3, 0.4) is 0 Å². The zero-order valence-electron chi connectivity index (χ0n) is 25.3. The minimum atomic E-state index is -3.38. The first-order valence-electron chi connectivity index (χ1n) is 14.1. The Morgan fingerprint density at radius 3 is 2.42 bits per heavy atom. The zero-order chi connectivity index (χ0) is 32.8. The van der Waals surface area contributed by atoms with E-state index >= 15 is 4.39 Å². The number of carbonyl (C=O) groups is 3. The molecule has 3 aromatic rings. The third-order valence-corrected chi connectivity index (χ3v) is 8.58. The first kappa shape index (κ1) is 31.8. The first-order chi connectivity index (χ1) is 21.0. The Morgan fingerprint density at radius 2 is 1.78 bits per heavy atom. The van der Waals surface area contributed by atoms with Gasteiger partial charge in [0.15, 0.2) is 5.82 Å². The van der Waals surface area contributed by atoms with Crippen LogP contribution in [-0.4, -0.2) is 83.7 Å². The zero-order valence-corrected chi connectivity index (χ0v) is 26.1. The van der Waals surface area contributed by atoms with Crippen LogP contribution in [0.2, 0.25) is 0 Å². The number of hydrogen-bond acceptors (Lipinski definition) is 9. The van der Waals surface area contributed by atoms with Gasteiger partial charge < -0.3 is 14.6 Å². The van der Waals surface area contributed by atoms with E-state index in [4.69, 9.17) is 9.47 Å². The lowest BCUT2D eigenvalue weighted by Gasteiger charge is -2.36. The van der Waals surface area contributed by atoms with Gasteiger partial charge in [-0.1, -0.05) is 0 Å². The highest BCUT2D eigenvalue weighted by Gasteiger charge is 2.36. The van der Waals surface area contributed by atoms with E-state index in [1.165, 1.54) is 33.7 Å². The van der Waals surface area contributed by atoms with E-state index in [1.54, 1.807) is 27.7 Å². The molecule has 240 valence electrons. The summed E-state index contributed by atoms with van der Waals surface area (Å²) < 4.78 is 51.3. The fourth-order valence-corrected chi connectivity index (χ4v) is 6.13. The van der Waals surface area contributed by atoms with Gasteiger partial charge in [-0.15, -0.1) is 0 Å². The standard InChI is InChI=1S/C29H33FN6O8S/c1-15-19(11-31-21-7-6-8-36(25(15)21)28(39)40)18-9-16-10-22(33-26(37)43-17-13-35(14-17)45(5,41)42)32-12-20(16)24(23(18)30)34-27(38)44-29(2,3)4/h9-12,17H,6-8,13-14H2,1-5H3,(H,34,38)(H,39,40)(H,32,33,37). The summed E-state index contributed by atoms with van der Waals surface area (Å²) in [5.74, 6) is -0.775. The number of aromatic nitrogens is 2. The number of carboxylic acid groups (broad SMARTS) is 1. The highest BCUT2D eigenvalue weighted by atomic mass is 32.2. The van der Waals surface area contributed by atoms with Gasteiger partial charge in [0, 0.05) is 35.5 Å². The summed E-state index contributed by atoms with van der Waals surface area (Å²) >= 11 is 0. The molecule has 0 aliphatic carbocycles. The molecule has 2 aromatic heterocycles. The minimum absolute atomic E-state index is 0.0207. The van der Waals surface area contributed by atoms with Crippen molar-refractivity contribution in [2.24, 2.45) is 0 Å². The number of carbonyl (C=O) groups excluding carboxylic acids is 2. The van der Waals surface area contributed by atoms with Crippen molar-refractivity contribution < 1.29 is 41.8 Å². The number of anilines is 3. The molecule has 0 saturated carbocycles. The van der Waals surface area contributed by atoms with Crippen LogP contribution in [0.15, 0.2) is 24.5 Å². The molecule has 0 bridgehead atoms. The van der Waals surface area contributed by atoms with E-state index in [0.29, 0.717) is 40.7 Å². The number of aryl methyl sites for hydroxylation is 1. The molecule has 2 aliphatic rings. The Bertz CT molecular complexity index is 1820. The number of nitrogens with one attached hydrogen (secondary N) is 2. The second-order valence-corrected chi connectivity index (χ2v) is 13.9. The number of hydrogen-bond donors (Lipinski definition) is 3. The molecular formula is C29H33FN6O8S. The highest BCUT2D eigenvalue weighted by molar-refractivity contribution is 7.88. The summed E-state index contributed by atoms with van der Waals surface area (Å²) in [4.78, 5) is 47.1. The number of sulfonamides is 1. The molecule has 1 fully saturated rings. The van der Waals surface area contributed by atoms with Crippen LogP contribution in [0.1, 0.15) is 38.4 Å². The van der Waals surface area contributed by atoms with Crippen LogP contribution in [0.5, 0.6) is 0 Å². The van der Waals surface area contributed by atoms with E-state index in [0.717, 1.165) is 6.26 Å². The molecule has 5 rings (SSSR count). The lowest BCUT2D eigenvalue weighted by Crippen LogP contribution is -2.55. The quantitative estimate of drug-likeness (QED) is 0.352. The van der Waals surface area contributed by atoms with Gasteiger partial charge in [0.1, 0.15) is 17.5 Å². The second kappa shape index (κ2) is 11.7. The number of benzene rings is 1. The third-order valence-electron chi connectivity index (χ3n) is 7.34. The number of amides is 3. The van der Waals surface area contributed by atoms with Gasteiger partial charge in [-0.05, 0) is 63.6 Å². The van der Waals surface area contributed by atoms with Crippen molar-refractivity contribution in [1.82, 2.24) is 14.3 Å². The van der Waals surface area contributed by atoms with Crippen LogP contribution in [0.25, 0.3) is 21.9 Å². The predicted octanol–water partition coefficient (Wildman–Crippen LogP) is 4.71. The molecule has 45 heavy (non-hydrogen) atoms. The van der Waals surface area contributed by atoms with Crippen molar-refractivity contribution in [2.45, 2.75) is 52.2 Å². The molecule has 0 radical (unpaired) electrons. The van der Waals surface area contributed by atoms with Crippen molar-refractivity contribution in [3.05, 3.63) is 41.6 Å². The third kappa shape index (κ3) is 6.76. The smallest absolute Gasteiger partial charge is 0.413 e. The molecule has 4 heterocycles. The molecule has 1 saturated heterocycles. The minimum Gasteiger partial charge on any atom is -0.465 e. The Hall–Kier alpha value is -4.57. The molecule has 14 nitrogen and oxygen atoms in total. The molecule has 0 spiro atoms. The number of rotatable bonds is 5. The van der Waals surface area contributed by atoms with Crippen molar-refractivity contribution in [3.63, 3.8) is 0 Å². The second-order valence-electron chi connectivity index (χ2n) is 11.9. The van der Waals surface area contributed by atoms with Gasteiger partial charge >= 0.3 is 18.3 Å². The molecule has 0 unspecified atom stereocenters. The SMILES string of the molecule is Cc1c(-c2cc3cc(NC(=O)OC4CN(S(C)(=O)=O)C4)ncc3c(NC(=O)OC(C)(C)C)c2F)cnc2c1N(C(=O)O)CCC2. The van der Waals surface area contributed by atoms with E-state index in [1.807, 2.05) is 0 Å². The molecule has 2 aliphatic heterocycles. The molecule has 1 aromatic carbocycles. The topological polar surface area (TPSA) is 180 Å². The Kier molecular flexibility index (Phi) is 8.31. The average molecular weight is 645 g/mol. The number of pyridine rings is 2. The largest absolute Gasteiger partial charge is 0.465 e. The van der Waals surface area contributed by atoms with Crippen LogP contribution >= 0.6 is 0 Å². The van der Waals surface area contributed by atoms with Gasteiger partial charge in [-0.25, -0.2) is 32.2 Å². The van der Waals surface area contributed by atoms with Gasteiger partial charge in [-0.3, -0.25) is 20.5 Å². The monoisotopic (exact) mass is 644 g/mol. The number of halogens is 1. The van der Waals surface area contributed by atoms with Gasteiger partial charge in [0.2, 0.25) is 10.0 Å². The molecule has 3 N–H and O–H groups in total. The maximum Gasteiger partial charge on any atom is 0.413 e. The fourth-order valence-electron chi connectivity index (χ4n) is 5.26. The summed E-state index contributed by atoms with van der Waals surface area (Å²) in [7, 11) is -3.38. The van der Waals surface area contributed by atoms with E-state index in [-0.39, 0.29) is 42.1 Å². The highest BCUT2D eigenvalue weighted by Crippen LogP contribution is 2.41. The maximum atomic E-state index is 16.4. The molecule has 3 amide bonds. The maximum absolute atomic E-state index is 16.4. The van der Waals surface area contributed by atoms with Crippen LogP contribution in [0, 0.1) is 12.7 Å². The van der Waals surface area contributed by atoms with E-state index in [2.05, 4.69) is 20.6 Å². The lowest BCUT2D eigenvalue weighted by atomic mass is 9.94. The van der Waals surface area contributed by atoms with Gasteiger partial charge in [0.05, 0.1) is 36.4 Å². The van der Waals surface area contributed by atoms with Crippen molar-refractivity contribution in [1.29, 1.82) is 0 Å². The summed E-state index contributed by atoms with van der Waals surface area (Å²) in [6, 6.07) is 2.94. The summed E-state index contributed by atoms with van der Waals surface area (Å²) in [5.41, 5.74) is 0.675. The Labute approximate surface area is 258 Å². The Morgan fingerprint density at radius 1 is 1.07 bits per heavy atom. The number of ether oxygens (including phenoxy) is 2. The van der Waals surface area contributed by atoms with Crippen molar-refractivity contribution in [3.8, 4) is 11.1 Å². The summed E-state index contributed by atoms with van der Waals surface area (Å²) in [6.07, 6.45) is 1.41. The van der Waals surface area contributed by atoms with E-state index in [9.17, 15) is 27.9 Å². The summed E-state index contributed by atoms with van der Waals surface area (Å²) in [5, 5.41) is 15.3. The average Bonchev–Trinajstić information content (AvgIpc) is 2.90. The van der Waals surface area contributed by atoms with Crippen molar-refractivity contribution in [2.75, 3.05) is 41.4 Å². The van der Waals surface area contributed by atoms with Crippen LogP contribution < -0.4 is 15.5 Å². The lowest BCUT2D eigenvalue weighted by molar-refractivity contribution is 0.0349. The van der Waals surface area contributed by atoms with Gasteiger partial charge in [0.25, 0.3) is 0 Å². The fraction of sp³-hybridized carbons (Fsp3) is 0.414.